The van der Waals surface area contributed by atoms with Crippen molar-refractivity contribution in [1.29, 1.82) is 0 Å². The Morgan fingerprint density at radius 1 is 1.45 bits per heavy atom. The number of carbonyl (C=O) groups excluding carboxylic acids is 1. The summed E-state index contributed by atoms with van der Waals surface area (Å²) in [5, 5.41) is 2.83. The second-order valence-electron chi connectivity index (χ2n) is 4.84. The van der Waals surface area contributed by atoms with E-state index in [1.807, 2.05) is 18.2 Å². The summed E-state index contributed by atoms with van der Waals surface area (Å²) in [6, 6.07) is 5.59. The monoisotopic (exact) mass is 309 g/mol. The van der Waals surface area contributed by atoms with Gasteiger partial charge < -0.3 is 5.32 Å². The van der Waals surface area contributed by atoms with Crippen molar-refractivity contribution < 1.29 is 4.79 Å². The predicted octanol–water partition coefficient (Wildman–Crippen LogP) is 3.32. The van der Waals surface area contributed by atoms with Crippen molar-refractivity contribution in [2.75, 3.05) is 0 Å². The zero-order valence-electron chi connectivity index (χ0n) is 11.4. The number of hydrogen-bond acceptors (Lipinski definition) is 4. The van der Waals surface area contributed by atoms with Gasteiger partial charge in [-0.25, -0.2) is 4.98 Å². The number of carbonyl (C=O) groups is 1. The Morgan fingerprint density at radius 2 is 2.25 bits per heavy atom. The first-order valence-corrected chi connectivity index (χ1v) is 7.59. The number of nitrogens with zero attached hydrogens (tertiary/aromatic N) is 2. The molecule has 0 aliphatic carbocycles. The molecule has 0 unspecified atom stereocenters. The van der Waals surface area contributed by atoms with Crippen LogP contribution in [0.15, 0.2) is 24.4 Å². The summed E-state index contributed by atoms with van der Waals surface area (Å²) in [7, 11) is 0. The lowest BCUT2D eigenvalue weighted by Crippen LogP contribution is -2.24. The summed E-state index contributed by atoms with van der Waals surface area (Å²) in [5.74, 6) is 0.253. The van der Waals surface area contributed by atoms with Gasteiger partial charge in [-0.2, -0.15) is 0 Å². The summed E-state index contributed by atoms with van der Waals surface area (Å²) in [4.78, 5) is 21.4. The summed E-state index contributed by atoms with van der Waals surface area (Å²) in [6.07, 6.45) is 2.50. The van der Waals surface area contributed by atoms with Gasteiger partial charge in [0.05, 0.1) is 12.2 Å². The van der Waals surface area contributed by atoms with E-state index in [9.17, 15) is 4.79 Å². The number of aromatic nitrogens is 2. The molecule has 2 aromatic heterocycles. The number of amides is 1. The average molecular weight is 310 g/mol. The van der Waals surface area contributed by atoms with Crippen molar-refractivity contribution in [3.8, 4) is 0 Å². The van der Waals surface area contributed by atoms with Gasteiger partial charge in [-0.3, -0.25) is 9.78 Å². The van der Waals surface area contributed by atoms with Crippen molar-refractivity contribution in [3.05, 3.63) is 45.1 Å². The summed E-state index contributed by atoms with van der Waals surface area (Å²) in [5.41, 5.74) is 1.25. The van der Waals surface area contributed by atoms with Crippen LogP contribution in [0.4, 0.5) is 0 Å². The maximum Gasteiger partial charge on any atom is 0.271 e. The van der Waals surface area contributed by atoms with Crippen LogP contribution in [0.5, 0.6) is 0 Å². The molecular weight excluding hydrogens is 294 g/mol. The molecule has 0 aromatic carbocycles. The van der Waals surface area contributed by atoms with Crippen molar-refractivity contribution in [3.63, 3.8) is 0 Å². The molecule has 0 aliphatic rings. The summed E-state index contributed by atoms with van der Waals surface area (Å²) >= 11 is 7.30. The zero-order valence-corrected chi connectivity index (χ0v) is 13.0. The SMILES string of the molecule is CC(C)Cc1sc(Cl)nc1C(=O)NCc1ccccn1. The van der Waals surface area contributed by atoms with Gasteiger partial charge in [0, 0.05) is 11.1 Å². The highest BCUT2D eigenvalue weighted by Crippen LogP contribution is 2.25. The average Bonchev–Trinajstić information content (AvgIpc) is 2.77. The number of nitrogens with one attached hydrogen (secondary N) is 1. The van der Waals surface area contributed by atoms with E-state index < -0.39 is 0 Å². The van der Waals surface area contributed by atoms with Crippen molar-refractivity contribution >= 4 is 28.8 Å². The van der Waals surface area contributed by atoms with Crippen molar-refractivity contribution in [2.45, 2.75) is 26.8 Å². The molecule has 1 amide bonds. The third-order valence-electron chi connectivity index (χ3n) is 2.64. The largest absolute Gasteiger partial charge is 0.345 e. The van der Waals surface area contributed by atoms with Crippen molar-refractivity contribution in [1.82, 2.24) is 15.3 Å². The van der Waals surface area contributed by atoms with Crippen LogP contribution in [0.3, 0.4) is 0 Å². The van der Waals surface area contributed by atoms with Crippen LogP contribution in [0.1, 0.15) is 34.9 Å². The fourth-order valence-electron chi connectivity index (χ4n) is 1.77. The Labute approximate surface area is 127 Å². The molecule has 2 heterocycles. The Hall–Kier alpha value is -1.46. The van der Waals surface area contributed by atoms with Gasteiger partial charge >= 0.3 is 0 Å². The fraction of sp³-hybridized carbons (Fsp3) is 0.357. The normalized spacial score (nSPS) is 10.8. The smallest absolute Gasteiger partial charge is 0.271 e. The predicted molar refractivity (Wildman–Crippen MR) is 81.1 cm³/mol. The third-order valence-corrected chi connectivity index (χ3v) is 3.82. The summed E-state index contributed by atoms with van der Waals surface area (Å²) in [6.45, 7) is 4.59. The highest BCUT2D eigenvalue weighted by Gasteiger charge is 2.18. The second-order valence-corrected chi connectivity index (χ2v) is 6.51. The molecule has 0 fully saturated rings. The third kappa shape index (κ3) is 4.02. The Bertz CT molecular complexity index is 583. The van der Waals surface area contributed by atoms with Crippen LogP contribution in [-0.2, 0) is 13.0 Å². The minimum atomic E-state index is -0.200. The lowest BCUT2D eigenvalue weighted by molar-refractivity contribution is 0.0945. The Balaban J connectivity index is 2.05. The van der Waals surface area contributed by atoms with Crippen LogP contribution in [0, 0.1) is 5.92 Å². The maximum atomic E-state index is 12.2. The molecule has 106 valence electrons. The minimum Gasteiger partial charge on any atom is -0.345 e. The van der Waals surface area contributed by atoms with Gasteiger partial charge in [0.2, 0.25) is 0 Å². The second kappa shape index (κ2) is 6.81. The van der Waals surface area contributed by atoms with E-state index in [2.05, 4.69) is 29.1 Å². The molecule has 0 radical (unpaired) electrons. The first-order chi connectivity index (χ1) is 9.56. The highest BCUT2D eigenvalue weighted by molar-refractivity contribution is 7.16. The van der Waals surface area contributed by atoms with Crippen LogP contribution in [-0.4, -0.2) is 15.9 Å². The highest BCUT2D eigenvalue weighted by atomic mass is 35.5. The molecule has 0 aliphatic heterocycles. The topological polar surface area (TPSA) is 54.9 Å². The standard InChI is InChI=1S/C14H16ClN3OS/c1-9(2)7-11-12(18-14(15)20-11)13(19)17-8-10-5-3-4-6-16-10/h3-6,9H,7-8H2,1-2H3,(H,17,19). The molecule has 0 atom stereocenters. The molecule has 1 N–H and O–H groups in total. The van der Waals surface area contributed by atoms with Gasteiger partial charge in [0.25, 0.3) is 5.91 Å². The molecule has 20 heavy (non-hydrogen) atoms. The molecule has 2 rings (SSSR count). The van der Waals surface area contributed by atoms with Gasteiger partial charge in [-0.15, -0.1) is 11.3 Å². The van der Waals surface area contributed by atoms with E-state index in [1.54, 1.807) is 6.20 Å². The van der Waals surface area contributed by atoms with Crippen LogP contribution < -0.4 is 5.32 Å². The summed E-state index contributed by atoms with van der Waals surface area (Å²) < 4.78 is 0.406. The van der Waals surface area contributed by atoms with E-state index in [1.165, 1.54) is 11.3 Å². The van der Waals surface area contributed by atoms with E-state index in [0.29, 0.717) is 22.6 Å². The zero-order chi connectivity index (χ0) is 14.5. The van der Waals surface area contributed by atoms with Crippen LogP contribution in [0.25, 0.3) is 0 Å². The molecule has 0 saturated heterocycles. The minimum absolute atomic E-state index is 0.200. The number of halogens is 1. The van der Waals surface area contributed by atoms with E-state index in [4.69, 9.17) is 11.6 Å². The van der Waals surface area contributed by atoms with Gasteiger partial charge in [-0.1, -0.05) is 31.5 Å². The Morgan fingerprint density at radius 3 is 2.90 bits per heavy atom. The number of rotatable bonds is 5. The first kappa shape index (κ1) is 14.9. The molecule has 0 spiro atoms. The molecule has 2 aromatic rings. The van der Waals surface area contributed by atoms with Crippen LogP contribution >= 0.6 is 22.9 Å². The van der Waals surface area contributed by atoms with E-state index in [0.717, 1.165) is 17.0 Å². The van der Waals surface area contributed by atoms with E-state index in [-0.39, 0.29) is 5.91 Å². The molecule has 0 bridgehead atoms. The van der Waals surface area contributed by atoms with Crippen LogP contribution in [0.2, 0.25) is 4.47 Å². The number of hydrogen-bond donors (Lipinski definition) is 1. The maximum absolute atomic E-state index is 12.2. The van der Waals surface area contributed by atoms with Crippen molar-refractivity contribution in [2.24, 2.45) is 5.92 Å². The van der Waals surface area contributed by atoms with Gasteiger partial charge in [0.15, 0.2) is 4.47 Å². The number of thiazole rings is 1. The molecule has 4 nitrogen and oxygen atoms in total. The van der Waals surface area contributed by atoms with E-state index >= 15 is 0 Å². The molecular formula is C14H16ClN3OS. The quantitative estimate of drug-likeness (QED) is 0.921. The number of pyridine rings is 1. The lowest BCUT2D eigenvalue weighted by Gasteiger charge is -2.06. The van der Waals surface area contributed by atoms with Gasteiger partial charge in [0.1, 0.15) is 5.69 Å². The lowest BCUT2D eigenvalue weighted by atomic mass is 10.1. The first-order valence-electron chi connectivity index (χ1n) is 6.39. The fourth-order valence-corrected chi connectivity index (χ4v) is 3.12. The van der Waals surface area contributed by atoms with Gasteiger partial charge in [-0.05, 0) is 24.5 Å². The Kier molecular flexibility index (Phi) is 5.09. The molecule has 6 heteroatoms. The molecule has 0 saturated carbocycles.